The number of aliphatic hydroxyl groups is 1. The second-order valence-corrected chi connectivity index (χ2v) is 8.31. The Labute approximate surface area is 207 Å². The highest BCUT2D eigenvalue weighted by Gasteiger charge is 2.33. The minimum atomic E-state index is -4.72. The van der Waals surface area contributed by atoms with Crippen LogP contribution >= 0.6 is 11.6 Å². The number of urea groups is 1. The molecule has 0 atom stereocenters. The van der Waals surface area contributed by atoms with Crippen LogP contribution in [0.25, 0.3) is 0 Å². The molecule has 0 aliphatic rings. The van der Waals surface area contributed by atoms with Crippen molar-refractivity contribution in [1.29, 1.82) is 0 Å². The molecule has 0 fully saturated rings. The van der Waals surface area contributed by atoms with Gasteiger partial charge in [-0.15, -0.1) is 0 Å². The second-order valence-electron chi connectivity index (χ2n) is 7.91. The first-order valence-corrected chi connectivity index (χ1v) is 10.5. The van der Waals surface area contributed by atoms with E-state index < -0.39 is 40.2 Å². The van der Waals surface area contributed by atoms with Crippen LogP contribution in [0.2, 0.25) is 5.02 Å². The van der Waals surface area contributed by atoms with Crippen LogP contribution in [0.4, 0.5) is 33.7 Å². The van der Waals surface area contributed by atoms with Gasteiger partial charge in [0.2, 0.25) is 0 Å². The van der Waals surface area contributed by atoms with Gasteiger partial charge in [-0.1, -0.05) is 11.6 Å². The van der Waals surface area contributed by atoms with Crippen molar-refractivity contribution >= 4 is 34.9 Å². The number of benzene rings is 2. The van der Waals surface area contributed by atoms with Crippen molar-refractivity contribution in [3.8, 4) is 11.5 Å². The predicted octanol–water partition coefficient (Wildman–Crippen LogP) is 5.79. The highest BCUT2D eigenvalue weighted by atomic mass is 35.5. The number of halogens is 5. The van der Waals surface area contributed by atoms with Crippen molar-refractivity contribution in [1.82, 2.24) is 10.3 Å². The molecule has 0 aliphatic carbocycles. The number of aromatic nitrogens is 1. The average molecular weight is 527 g/mol. The van der Waals surface area contributed by atoms with Crippen LogP contribution in [0.1, 0.15) is 29.9 Å². The van der Waals surface area contributed by atoms with E-state index in [1.165, 1.54) is 44.3 Å². The van der Waals surface area contributed by atoms with Gasteiger partial charge in [0.1, 0.15) is 28.7 Å². The van der Waals surface area contributed by atoms with E-state index in [4.69, 9.17) is 16.3 Å². The number of hydrogen-bond donors (Lipinski definition) is 4. The summed E-state index contributed by atoms with van der Waals surface area (Å²) in [6, 6.07) is 7.95. The molecule has 3 aromatic rings. The first-order valence-electron chi connectivity index (χ1n) is 10.1. The molecule has 0 spiro atoms. The summed E-state index contributed by atoms with van der Waals surface area (Å²) >= 11 is 5.55. The minimum Gasteiger partial charge on any atom is -0.457 e. The predicted molar refractivity (Wildman–Crippen MR) is 124 cm³/mol. The van der Waals surface area contributed by atoms with Crippen LogP contribution in [0, 0.1) is 5.82 Å². The summed E-state index contributed by atoms with van der Waals surface area (Å²) < 4.78 is 59.0. The number of alkyl halides is 3. The maximum absolute atomic E-state index is 14.5. The normalized spacial score (nSPS) is 11.6. The Morgan fingerprint density at radius 3 is 2.33 bits per heavy atom. The maximum atomic E-state index is 14.5. The number of carbonyl (C=O) groups excluding carboxylic acids is 2. The van der Waals surface area contributed by atoms with Gasteiger partial charge in [-0.2, -0.15) is 13.2 Å². The SMILES string of the molecule is CC(C)(O)NC(=O)c1cc(Oc2ccc(NC(=O)Nc3ccc(Cl)c(C(F)(F)F)c3)c(F)c2)ccn1. The van der Waals surface area contributed by atoms with Crippen LogP contribution in [0.3, 0.4) is 0 Å². The fourth-order valence-electron chi connectivity index (χ4n) is 2.84. The lowest BCUT2D eigenvalue weighted by molar-refractivity contribution is -0.137. The zero-order valence-electron chi connectivity index (χ0n) is 18.7. The third kappa shape index (κ3) is 7.30. The highest BCUT2D eigenvalue weighted by Crippen LogP contribution is 2.36. The van der Waals surface area contributed by atoms with Crippen LogP contribution in [-0.4, -0.2) is 27.8 Å². The van der Waals surface area contributed by atoms with Gasteiger partial charge < -0.3 is 25.8 Å². The van der Waals surface area contributed by atoms with Crippen molar-refractivity contribution in [3.63, 3.8) is 0 Å². The lowest BCUT2D eigenvalue weighted by Gasteiger charge is -2.18. The molecule has 0 unspecified atom stereocenters. The van der Waals surface area contributed by atoms with E-state index in [9.17, 15) is 32.3 Å². The number of rotatable bonds is 6. The van der Waals surface area contributed by atoms with Gasteiger partial charge in [-0.3, -0.25) is 9.78 Å². The topological polar surface area (TPSA) is 113 Å². The monoisotopic (exact) mass is 526 g/mol. The fourth-order valence-corrected chi connectivity index (χ4v) is 3.07. The molecule has 36 heavy (non-hydrogen) atoms. The van der Waals surface area contributed by atoms with Gasteiger partial charge in [-0.25, -0.2) is 9.18 Å². The Balaban J connectivity index is 1.67. The summed E-state index contributed by atoms with van der Waals surface area (Å²) in [6.07, 6.45) is -3.44. The van der Waals surface area contributed by atoms with Crippen LogP contribution in [0.5, 0.6) is 11.5 Å². The summed E-state index contributed by atoms with van der Waals surface area (Å²) in [4.78, 5) is 28.2. The van der Waals surface area contributed by atoms with Gasteiger partial charge in [0.25, 0.3) is 5.91 Å². The van der Waals surface area contributed by atoms with E-state index in [0.29, 0.717) is 6.07 Å². The second kappa shape index (κ2) is 10.4. The number of amides is 3. The summed E-state index contributed by atoms with van der Waals surface area (Å²) in [5.41, 5.74) is -3.13. The van der Waals surface area contributed by atoms with Crippen LogP contribution in [0.15, 0.2) is 54.7 Å². The number of nitrogens with one attached hydrogen (secondary N) is 3. The molecule has 8 nitrogen and oxygen atoms in total. The van der Waals surface area contributed by atoms with Crippen molar-refractivity contribution < 1.29 is 37.0 Å². The fraction of sp³-hybridized carbons (Fsp3) is 0.174. The smallest absolute Gasteiger partial charge is 0.417 e. The molecule has 0 aliphatic heterocycles. The molecule has 2 aromatic carbocycles. The maximum Gasteiger partial charge on any atom is 0.417 e. The number of ether oxygens (including phenoxy) is 1. The van der Waals surface area contributed by atoms with E-state index in [1.54, 1.807) is 0 Å². The number of carbonyl (C=O) groups is 2. The molecule has 190 valence electrons. The summed E-state index contributed by atoms with van der Waals surface area (Å²) in [5.74, 6) is -1.39. The first-order chi connectivity index (χ1) is 16.7. The average Bonchev–Trinajstić information content (AvgIpc) is 2.75. The minimum absolute atomic E-state index is 0.0195. The molecule has 3 rings (SSSR count). The molecule has 3 amide bonds. The van der Waals surface area contributed by atoms with Gasteiger partial charge in [-0.05, 0) is 50.2 Å². The molecule has 0 saturated heterocycles. The van der Waals surface area contributed by atoms with Crippen LogP contribution < -0.4 is 20.7 Å². The molecule has 0 bridgehead atoms. The van der Waals surface area contributed by atoms with Gasteiger partial charge >= 0.3 is 12.2 Å². The summed E-state index contributed by atoms with van der Waals surface area (Å²) in [6.45, 7) is 2.75. The summed E-state index contributed by atoms with van der Waals surface area (Å²) in [5, 5.41) is 15.8. The van der Waals surface area contributed by atoms with E-state index >= 15 is 0 Å². The van der Waals surface area contributed by atoms with E-state index in [1.807, 2.05) is 0 Å². The number of hydrogen-bond acceptors (Lipinski definition) is 5. The molecule has 13 heteroatoms. The quantitative estimate of drug-likeness (QED) is 0.240. The first kappa shape index (κ1) is 26.7. The Morgan fingerprint density at radius 1 is 1.00 bits per heavy atom. The molecule has 0 radical (unpaired) electrons. The van der Waals surface area contributed by atoms with E-state index in [-0.39, 0.29) is 28.6 Å². The van der Waals surface area contributed by atoms with Crippen LogP contribution in [-0.2, 0) is 6.18 Å². The standard InChI is InChI=1S/C23H19ClF4N4O4/c1-22(2,35)32-20(33)19-11-14(7-8-29-19)36-13-4-6-18(17(25)10-13)31-21(34)30-12-3-5-16(24)15(9-12)23(26,27)28/h3-11,35H,1-2H3,(H,32,33)(H2,30,31,34). The third-order valence-electron chi connectivity index (χ3n) is 4.34. The number of anilines is 2. The Bertz CT molecular complexity index is 1300. The van der Waals surface area contributed by atoms with E-state index in [0.717, 1.165) is 18.2 Å². The lowest BCUT2D eigenvalue weighted by atomic mass is 10.2. The van der Waals surface area contributed by atoms with Crippen molar-refractivity contribution in [2.24, 2.45) is 0 Å². The lowest BCUT2D eigenvalue weighted by Crippen LogP contribution is -2.43. The van der Waals surface area contributed by atoms with Gasteiger partial charge in [0.05, 0.1) is 16.3 Å². The van der Waals surface area contributed by atoms with Gasteiger partial charge in [0.15, 0.2) is 0 Å². The molecule has 1 heterocycles. The molecule has 4 N–H and O–H groups in total. The molecule has 0 saturated carbocycles. The van der Waals surface area contributed by atoms with Gasteiger partial charge in [0, 0.05) is 24.0 Å². The van der Waals surface area contributed by atoms with Crippen molar-refractivity contribution in [2.45, 2.75) is 25.7 Å². The summed E-state index contributed by atoms with van der Waals surface area (Å²) in [7, 11) is 0. The molecular weight excluding hydrogens is 508 g/mol. The largest absolute Gasteiger partial charge is 0.457 e. The number of pyridine rings is 1. The third-order valence-corrected chi connectivity index (χ3v) is 4.67. The molecular formula is C23H19ClF4N4O4. The zero-order chi connectivity index (χ0) is 26.7. The zero-order valence-corrected chi connectivity index (χ0v) is 19.5. The Morgan fingerprint density at radius 2 is 1.69 bits per heavy atom. The number of nitrogens with zero attached hydrogens (tertiary/aromatic N) is 1. The van der Waals surface area contributed by atoms with Crippen molar-refractivity contribution in [3.05, 3.63) is 76.8 Å². The molecule has 1 aromatic heterocycles. The highest BCUT2D eigenvalue weighted by molar-refractivity contribution is 6.31. The Hall–Kier alpha value is -3.90. The van der Waals surface area contributed by atoms with E-state index in [2.05, 4.69) is 20.9 Å². The van der Waals surface area contributed by atoms with Crippen molar-refractivity contribution in [2.75, 3.05) is 10.6 Å². The Kier molecular flexibility index (Phi) is 7.70.